The van der Waals surface area contributed by atoms with Crippen LogP contribution in [0.1, 0.15) is 74.5 Å². The number of hydrogen-bond acceptors (Lipinski definition) is 3. The van der Waals surface area contributed by atoms with Gasteiger partial charge < -0.3 is 14.0 Å². The number of pyridine rings is 1. The third kappa shape index (κ3) is 6.44. The first-order valence-corrected chi connectivity index (χ1v) is 13.7. The van der Waals surface area contributed by atoms with Crippen LogP contribution in [0.25, 0.3) is 5.52 Å². The zero-order valence-corrected chi connectivity index (χ0v) is 22.9. The van der Waals surface area contributed by atoms with Crippen LogP contribution in [0.3, 0.4) is 0 Å². The van der Waals surface area contributed by atoms with E-state index in [2.05, 4.69) is 41.6 Å². The van der Waals surface area contributed by atoms with Crippen molar-refractivity contribution in [3.05, 3.63) is 68.9 Å². The summed E-state index contributed by atoms with van der Waals surface area (Å²) in [6.07, 6.45) is 8.16. The first-order chi connectivity index (χ1) is 16.5. The Morgan fingerprint density at radius 1 is 1.03 bits per heavy atom. The number of nitrogens with zero attached hydrogens (tertiary/aromatic N) is 2. The van der Waals surface area contributed by atoms with Crippen molar-refractivity contribution < 1.29 is 9.53 Å². The van der Waals surface area contributed by atoms with Gasteiger partial charge in [-0.25, -0.2) is 0 Å². The Kier molecular flexibility index (Phi) is 10.5. The molecule has 0 spiro atoms. The van der Waals surface area contributed by atoms with E-state index in [0.29, 0.717) is 28.6 Å². The van der Waals surface area contributed by atoms with E-state index >= 15 is 0 Å². The monoisotopic (exact) mass is 546 g/mol. The van der Waals surface area contributed by atoms with Crippen molar-refractivity contribution in [2.24, 2.45) is 0 Å². The number of ether oxygens (including phenoxy) is 1. The zero-order chi connectivity index (χ0) is 24.5. The van der Waals surface area contributed by atoms with Crippen LogP contribution in [0, 0.1) is 0 Å². The smallest absolute Gasteiger partial charge is 0.210 e. The molecule has 34 heavy (non-hydrogen) atoms. The molecule has 0 N–H and O–H groups in total. The van der Waals surface area contributed by atoms with Crippen molar-refractivity contribution in [2.45, 2.75) is 59.3 Å². The van der Waals surface area contributed by atoms with Gasteiger partial charge >= 0.3 is 0 Å². The maximum atomic E-state index is 13.6. The van der Waals surface area contributed by atoms with Crippen LogP contribution in [-0.4, -0.2) is 41.3 Å². The molecule has 0 aliphatic rings. The molecule has 1 aromatic carbocycles. The van der Waals surface area contributed by atoms with Crippen LogP contribution in [0.15, 0.2) is 47.1 Å². The van der Waals surface area contributed by atoms with Gasteiger partial charge in [0.1, 0.15) is 5.75 Å². The largest absolute Gasteiger partial charge is 0.492 e. The fourth-order valence-electron chi connectivity index (χ4n) is 4.38. The lowest BCUT2D eigenvalue weighted by Gasteiger charge is -2.20. The Labute approximate surface area is 217 Å². The summed E-state index contributed by atoms with van der Waals surface area (Å²) in [7, 11) is 0. The highest BCUT2D eigenvalue weighted by molar-refractivity contribution is 9.10. The molecule has 3 aromatic rings. The van der Waals surface area contributed by atoms with Crippen molar-refractivity contribution >= 4 is 38.8 Å². The molecule has 0 amide bonds. The van der Waals surface area contributed by atoms with Crippen LogP contribution in [-0.2, 0) is 6.42 Å². The van der Waals surface area contributed by atoms with E-state index in [-0.39, 0.29) is 5.78 Å². The van der Waals surface area contributed by atoms with Crippen molar-refractivity contribution in [2.75, 3.05) is 26.2 Å². The first kappa shape index (κ1) is 26.8. The average Bonchev–Trinajstić information content (AvgIpc) is 3.12. The Hall–Kier alpha value is -1.82. The summed E-state index contributed by atoms with van der Waals surface area (Å²) in [6.45, 7) is 10.5. The summed E-state index contributed by atoms with van der Waals surface area (Å²) < 4.78 is 8.93. The van der Waals surface area contributed by atoms with Gasteiger partial charge in [0.15, 0.2) is 0 Å². The number of ketones is 1. The molecule has 0 unspecified atom stereocenters. The lowest BCUT2D eigenvalue weighted by molar-refractivity contribution is 0.103. The lowest BCUT2D eigenvalue weighted by atomic mass is 10.0. The highest BCUT2D eigenvalue weighted by Gasteiger charge is 2.23. The van der Waals surface area contributed by atoms with Crippen LogP contribution >= 0.6 is 27.5 Å². The molecule has 6 heteroatoms. The summed E-state index contributed by atoms with van der Waals surface area (Å²) in [6, 6.07) is 11.4. The Balaban J connectivity index is 1.75. The van der Waals surface area contributed by atoms with Crippen molar-refractivity contribution in [3.8, 4) is 5.75 Å². The normalized spacial score (nSPS) is 11.5. The van der Waals surface area contributed by atoms with E-state index < -0.39 is 0 Å². The van der Waals surface area contributed by atoms with E-state index in [9.17, 15) is 4.79 Å². The van der Waals surface area contributed by atoms with Crippen molar-refractivity contribution in [3.63, 3.8) is 0 Å². The number of aromatic nitrogens is 1. The molecule has 0 saturated carbocycles. The van der Waals surface area contributed by atoms with Gasteiger partial charge in [0.25, 0.3) is 0 Å². The summed E-state index contributed by atoms with van der Waals surface area (Å²) in [4.78, 5) is 16.1. The minimum atomic E-state index is -0.0266. The molecular weight excluding hydrogens is 512 g/mol. The molecule has 3 rings (SSSR count). The number of hydrogen-bond donors (Lipinski definition) is 0. The number of rotatable bonds is 14. The van der Waals surface area contributed by atoms with Gasteiger partial charge in [-0.3, -0.25) is 4.79 Å². The molecule has 0 fully saturated rings. The molecule has 0 saturated heterocycles. The zero-order valence-electron chi connectivity index (χ0n) is 20.6. The molecular formula is C28H36BrClN2O2. The maximum absolute atomic E-state index is 13.6. The molecule has 4 nitrogen and oxygen atoms in total. The van der Waals surface area contributed by atoms with Gasteiger partial charge in [0, 0.05) is 22.8 Å². The van der Waals surface area contributed by atoms with Gasteiger partial charge in [0.2, 0.25) is 5.78 Å². The Morgan fingerprint density at radius 2 is 1.79 bits per heavy atom. The van der Waals surface area contributed by atoms with E-state index in [4.69, 9.17) is 16.3 Å². The number of unbranched alkanes of at least 4 members (excludes halogenated alkanes) is 1. The Bertz CT molecular complexity index is 1090. The van der Waals surface area contributed by atoms with E-state index in [1.54, 1.807) is 6.07 Å². The Morgan fingerprint density at radius 3 is 2.47 bits per heavy atom. The van der Waals surface area contributed by atoms with Gasteiger partial charge in [-0.1, -0.05) is 44.9 Å². The number of carbonyl (C=O) groups excluding carboxylic acids is 1. The third-order valence-corrected chi connectivity index (χ3v) is 7.20. The number of fused-ring (bicyclic) bond motifs is 1. The van der Waals surface area contributed by atoms with Crippen LogP contribution < -0.4 is 4.74 Å². The lowest BCUT2D eigenvalue weighted by Crippen LogP contribution is -2.27. The molecule has 0 atom stereocenters. The predicted molar refractivity (Wildman–Crippen MR) is 146 cm³/mol. The van der Waals surface area contributed by atoms with Gasteiger partial charge in [-0.2, -0.15) is 0 Å². The van der Waals surface area contributed by atoms with Gasteiger partial charge in [-0.15, -0.1) is 0 Å². The highest BCUT2D eigenvalue weighted by Crippen LogP contribution is 2.33. The summed E-state index contributed by atoms with van der Waals surface area (Å²) in [5.41, 5.74) is 3.33. The molecule has 184 valence electrons. The molecule has 0 radical (unpaired) electrons. The number of halogens is 2. The summed E-state index contributed by atoms with van der Waals surface area (Å²) in [5.74, 6) is 0.601. The maximum Gasteiger partial charge on any atom is 0.210 e. The molecule has 0 aliphatic heterocycles. The average molecular weight is 548 g/mol. The molecule has 0 bridgehead atoms. The third-order valence-electron chi connectivity index (χ3n) is 6.02. The van der Waals surface area contributed by atoms with E-state index in [0.717, 1.165) is 73.7 Å². The van der Waals surface area contributed by atoms with Gasteiger partial charge in [0.05, 0.1) is 22.8 Å². The second-order valence-corrected chi connectivity index (χ2v) is 9.92. The molecule has 2 heterocycles. The van der Waals surface area contributed by atoms with E-state index in [1.807, 2.05) is 40.9 Å². The highest BCUT2D eigenvalue weighted by atomic mass is 79.9. The van der Waals surface area contributed by atoms with Crippen LogP contribution in [0.4, 0.5) is 0 Å². The SMILES string of the molecule is CCCCc1c(Br)c2ccccn2c1C(=O)c1ccc(OCCCN(CCC)CCC)c(Cl)c1. The quantitative estimate of drug-likeness (QED) is 0.152. The van der Waals surface area contributed by atoms with Crippen LogP contribution in [0.5, 0.6) is 5.75 Å². The number of carbonyl (C=O) groups is 1. The summed E-state index contributed by atoms with van der Waals surface area (Å²) in [5, 5.41) is 0.472. The second-order valence-electron chi connectivity index (χ2n) is 8.72. The molecule has 0 aliphatic carbocycles. The summed E-state index contributed by atoms with van der Waals surface area (Å²) >= 11 is 10.3. The standard InChI is InChI=1S/C28H36BrClN2O2/c1-4-7-11-22-26(29)24-12-8-9-18-32(24)27(22)28(33)21-13-14-25(23(30)20-21)34-19-10-17-31(15-5-2)16-6-3/h8-9,12-14,18,20H,4-7,10-11,15-17,19H2,1-3H3. The fourth-order valence-corrected chi connectivity index (χ4v) is 5.33. The second kappa shape index (κ2) is 13.3. The minimum absolute atomic E-state index is 0.0266. The fraction of sp³-hybridized carbons (Fsp3) is 0.464. The van der Waals surface area contributed by atoms with Crippen molar-refractivity contribution in [1.29, 1.82) is 0 Å². The van der Waals surface area contributed by atoms with Crippen molar-refractivity contribution in [1.82, 2.24) is 9.30 Å². The predicted octanol–water partition coefficient (Wildman–Crippen LogP) is 7.82. The first-order valence-electron chi connectivity index (χ1n) is 12.5. The minimum Gasteiger partial charge on any atom is -0.492 e. The van der Waals surface area contributed by atoms with E-state index in [1.165, 1.54) is 0 Å². The molecule has 2 aromatic heterocycles. The topological polar surface area (TPSA) is 34.0 Å². The number of benzene rings is 1. The van der Waals surface area contributed by atoms with Crippen LogP contribution in [0.2, 0.25) is 5.02 Å². The van der Waals surface area contributed by atoms with Gasteiger partial charge in [-0.05, 0) is 97.0 Å².